The lowest BCUT2D eigenvalue weighted by molar-refractivity contribution is -0.122. The highest BCUT2D eigenvalue weighted by Gasteiger charge is 2.00. The lowest BCUT2D eigenvalue weighted by Crippen LogP contribution is -2.23. The second-order valence-electron chi connectivity index (χ2n) is 3.15. The summed E-state index contributed by atoms with van der Waals surface area (Å²) in [4.78, 5) is 11.2. The second-order valence-corrected chi connectivity index (χ2v) is 3.15. The van der Waals surface area contributed by atoms with E-state index < -0.39 is 0 Å². The van der Waals surface area contributed by atoms with Gasteiger partial charge in [0.05, 0.1) is 6.61 Å². The highest BCUT2D eigenvalue weighted by molar-refractivity contribution is 5.75. The van der Waals surface area contributed by atoms with E-state index in [0.29, 0.717) is 19.6 Å². The molecule has 3 nitrogen and oxygen atoms in total. The van der Waals surface area contributed by atoms with Crippen LogP contribution in [0.4, 0.5) is 4.39 Å². The maximum absolute atomic E-state index is 12.5. The largest absolute Gasteiger partial charge is 0.384 e. The van der Waals surface area contributed by atoms with E-state index in [-0.39, 0.29) is 11.7 Å². The normalized spacial score (nSPS) is 10.0. The predicted octanol–water partition coefficient (Wildman–Crippen LogP) is 1.48. The molecule has 0 aliphatic heterocycles. The van der Waals surface area contributed by atoms with Crippen molar-refractivity contribution in [3.8, 4) is 0 Å². The first-order valence-electron chi connectivity index (χ1n) is 4.72. The number of hydrogen-bond donors (Lipinski definition) is 1. The molecule has 1 amide bonds. The van der Waals surface area contributed by atoms with E-state index in [0.717, 1.165) is 5.56 Å². The molecule has 0 fully saturated rings. The molecule has 1 aromatic rings. The quantitative estimate of drug-likeness (QED) is 0.801. The standard InChI is InChI=1S/C11H14FNO2/c1-15-7-6-11(14)13-8-9-2-4-10(12)5-3-9/h2-5H,6-8H2,1H3,(H,13,14). The SMILES string of the molecule is COCCC(=O)NCc1ccc(F)cc1. The van der Waals surface area contributed by atoms with Crippen molar-refractivity contribution in [1.82, 2.24) is 5.32 Å². The van der Waals surface area contributed by atoms with Crippen molar-refractivity contribution in [2.24, 2.45) is 0 Å². The molecule has 0 spiro atoms. The first-order chi connectivity index (χ1) is 7.22. The molecule has 15 heavy (non-hydrogen) atoms. The van der Waals surface area contributed by atoms with Gasteiger partial charge in [0.2, 0.25) is 5.91 Å². The number of halogens is 1. The Morgan fingerprint density at radius 2 is 2.07 bits per heavy atom. The number of nitrogens with one attached hydrogen (secondary N) is 1. The van der Waals surface area contributed by atoms with Crippen molar-refractivity contribution in [2.75, 3.05) is 13.7 Å². The molecule has 1 aromatic carbocycles. The van der Waals surface area contributed by atoms with Gasteiger partial charge in [0, 0.05) is 20.1 Å². The fourth-order valence-corrected chi connectivity index (χ4v) is 1.09. The molecule has 0 unspecified atom stereocenters. The molecule has 0 aromatic heterocycles. The number of carbonyl (C=O) groups excluding carboxylic acids is 1. The molecule has 0 atom stereocenters. The van der Waals surface area contributed by atoms with Gasteiger partial charge in [-0.3, -0.25) is 4.79 Å². The van der Waals surface area contributed by atoms with Crippen LogP contribution < -0.4 is 5.32 Å². The van der Waals surface area contributed by atoms with E-state index in [9.17, 15) is 9.18 Å². The van der Waals surface area contributed by atoms with Gasteiger partial charge in [0.1, 0.15) is 5.82 Å². The minimum absolute atomic E-state index is 0.0684. The molecular weight excluding hydrogens is 197 g/mol. The molecule has 0 aliphatic rings. The van der Waals surface area contributed by atoms with Crippen LogP contribution in [0.3, 0.4) is 0 Å². The van der Waals surface area contributed by atoms with E-state index in [2.05, 4.69) is 5.32 Å². The fourth-order valence-electron chi connectivity index (χ4n) is 1.09. The third kappa shape index (κ3) is 4.56. The zero-order chi connectivity index (χ0) is 11.1. The molecule has 82 valence electrons. The van der Waals surface area contributed by atoms with Crippen LogP contribution in [-0.4, -0.2) is 19.6 Å². The number of amides is 1. The number of rotatable bonds is 5. The van der Waals surface area contributed by atoms with Crippen LogP contribution >= 0.6 is 0 Å². The molecule has 0 heterocycles. The summed E-state index contributed by atoms with van der Waals surface area (Å²) >= 11 is 0. The Labute approximate surface area is 88.2 Å². The van der Waals surface area contributed by atoms with Crippen LogP contribution in [-0.2, 0) is 16.1 Å². The Morgan fingerprint density at radius 3 is 2.67 bits per heavy atom. The number of methoxy groups -OCH3 is 1. The van der Waals surface area contributed by atoms with Gasteiger partial charge in [0.15, 0.2) is 0 Å². The van der Waals surface area contributed by atoms with Gasteiger partial charge in [0.25, 0.3) is 0 Å². The molecule has 1 rings (SSSR count). The zero-order valence-electron chi connectivity index (χ0n) is 8.63. The molecule has 1 N–H and O–H groups in total. The summed E-state index contributed by atoms with van der Waals surface area (Å²) in [5.74, 6) is -0.342. The third-order valence-corrected chi connectivity index (χ3v) is 1.94. The smallest absolute Gasteiger partial charge is 0.222 e. The number of ether oxygens (including phenoxy) is 1. The Morgan fingerprint density at radius 1 is 1.40 bits per heavy atom. The first kappa shape index (κ1) is 11.7. The molecular formula is C11H14FNO2. The molecule has 0 saturated carbocycles. The fraction of sp³-hybridized carbons (Fsp3) is 0.364. The van der Waals surface area contributed by atoms with Crippen molar-refractivity contribution >= 4 is 5.91 Å². The summed E-state index contributed by atoms with van der Waals surface area (Å²) in [6, 6.07) is 6.03. The predicted molar refractivity (Wildman–Crippen MR) is 54.7 cm³/mol. The zero-order valence-corrected chi connectivity index (χ0v) is 8.63. The van der Waals surface area contributed by atoms with Gasteiger partial charge in [-0.2, -0.15) is 0 Å². The number of benzene rings is 1. The van der Waals surface area contributed by atoms with Crippen LogP contribution in [0.2, 0.25) is 0 Å². The monoisotopic (exact) mass is 211 g/mol. The van der Waals surface area contributed by atoms with Gasteiger partial charge in [-0.1, -0.05) is 12.1 Å². The Balaban J connectivity index is 2.30. The van der Waals surface area contributed by atoms with Crippen LogP contribution in [0.5, 0.6) is 0 Å². The van der Waals surface area contributed by atoms with E-state index in [4.69, 9.17) is 4.74 Å². The van der Waals surface area contributed by atoms with Gasteiger partial charge in [-0.15, -0.1) is 0 Å². The summed E-state index contributed by atoms with van der Waals surface area (Å²) in [7, 11) is 1.55. The van der Waals surface area contributed by atoms with Crippen LogP contribution in [0.1, 0.15) is 12.0 Å². The Hall–Kier alpha value is -1.42. The topological polar surface area (TPSA) is 38.3 Å². The summed E-state index contributed by atoms with van der Waals surface area (Å²) in [5, 5.41) is 2.71. The average Bonchev–Trinajstić information content (AvgIpc) is 2.25. The number of carbonyl (C=O) groups is 1. The van der Waals surface area contributed by atoms with E-state index in [1.165, 1.54) is 12.1 Å². The lowest BCUT2D eigenvalue weighted by atomic mass is 10.2. The van der Waals surface area contributed by atoms with Gasteiger partial charge >= 0.3 is 0 Å². The van der Waals surface area contributed by atoms with Crippen molar-refractivity contribution < 1.29 is 13.9 Å². The van der Waals surface area contributed by atoms with Crippen LogP contribution in [0.15, 0.2) is 24.3 Å². The summed E-state index contributed by atoms with van der Waals surface area (Å²) < 4.78 is 17.3. The lowest BCUT2D eigenvalue weighted by Gasteiger charge is -2.04. The van der Waals surface area contributed by atoms with Crippen molar-refractivity contribution in [3.05, 3.63) is 35.6 Å². The maximum atomic E-state index is 12.5. The second kappa shape index (κ2) is 6.14. The van der Waals surface area contributed by atoms with Crippen LogP contribution in [0.25, 0.3) is 0 Å². The third-order valence-electron chi connectivity index (χ3n) is 1.94. The highest BCUT2D eigenvalue weighted by atomic mass is 19.1. The molecule has 0 saturated heterocycles. The van der Waals surface area contributed by atoms with Gasteiger partial charge < -0.3 is 10.1 Å². The van der Waals surface area contributed by atoms with Crippen molar-refractivity contribution in [2.45, 2.75) is 13.0 Å². The van der Waals surface area contributed by atoms with E-state index in [1.54, 1.807) is 19.2 Å². The van der Waals surface area contributed by atoms with E-state index in [1.807, 2.05) is 0 Å². The summed E-state index contributed by atoms with van der Waals surface area (Å²) in [5.41, 5.74) is 0.877. The average molecular weight is 211 g/mol. The highest BCUT2D eigenvalue weighted by Crippen LogP contribution is 2.01. The van der Waals surface area contributed by atoms with Crippen LogP contribution in [0, 0.1) is 5.82 Å². The molecule has 4 heteroatoms. The van der Waals surface area contributed by atoms with Crippen molar-refractivity contribution in [1.29, 1.82) is 0 Å². The Kier molecular flexibility index (Phi) is 4.77. The maximum Gasteiger partial charge on any atom is 0.222 e. The van der Waals surface area contributed by atoms with Gasteiger partial charge in [-0.05, 0) is 17.7 Å². The minimum atomic E-state index is -0.274. The molecule has 0 aliphatic carbocycles. The number of hydrogen-bond acceptors (Lipinski definition) is 2. The summed E-state index contributed by atoms with van der Waals surface area (Å²) in [6.07, 6.45) is 0.345. The Bertz CT molecular complexity index is 311. The van der Waals surface area contributed by atoms with Crippen molar-refractivity contribution in [3.63, 3.8) is 0 Å². The van der Waals surface area contributed by atoms with E-state index >= 15 is 0 Å². The van der Waals surface area contributed by atoms with Gasteiger partial charge in [-0.25, -0.2) is 4.39 Å². The summed E-state index contributed by atoms with van der Waals surface area (Å²) in [6.45, 7) is 0.831. The minimum Gasteiger partial charge on any atom is -0.384 e. The molecule has 0 bridgehead atoms. The molecule has 0 radical (unpaired) electrons. The first-order valence-corrected chi connectivity index (χ1v) is 4.72.